The number of anilines is 1. The lowest BCUT2D eigenvalue weighted by molar-refractivity contribution is 1.17. The summed E-state index contributed by atoms with van der Waals surface area (Å²) in [6.45, 7) is 0. The highest BCUT2D eigenvalue weighted by Crippen LogP contribution is 2.31. The van der Waals surface area contributed by atoms with Crippen molar-refractivity contribution < 1.29 is 5.48 Å². The van der Waals surface area contributed by atoms with Gasteiger partial charge in [-0.25, -0.2) is 0 Å². The van der Waals surface area contributed by atoms with Gasteiger partial charge >= 0.3 is 0 Å². The zero-order valence-electron chi connectivity index (χ0n) is 14.5. The van der Waals surface area contributed by atoms with Gasteiger partial charge in [-0.05, 0) is 36.3 Å². The van der Waals surface area contributed by atoms with Crippen LogP contribution < -0.4 is 5.73 Å². The van der Waals surface area contributed by atoms with E-state index in [2.05, 4.69) is 4.98 Å². The second kappa shape index (κ2) is 4.10. The molecular weight excluding hydrogens is 246 g/mol. The van der Waals surface area contributed by atoms with Crippen molar-refractivity contribution in [1.29, 1.82) is 0 Å². The first-order valence-corrected chi connectivity index (χ1v) is 6.21. The molecule has 0 saturated heterocycles. The normalized spacial score (nSPS) is 14.0. The average Bonchev–Trinajstić information content (AvgIpc) is 2.94. The van der Waals surface area contributed by atoms with Crippen LogP contribution in [0.25, 0.3) is 27.5 Å². The van der Waals surface area contributed by atoms with E-state index in [9.17, 15) is 0 Å². The number of para-hydroxylation sites is 1. The number of nitrogens with two attached hydrogens (primary N) is 1. The molecule has 0 radical (unpaired) electrons. The van der Waals surface area contributed by atoms with E-state index in [-0.39, 0.29) is 35.5 Å². The Hall–Kier alpha value is -2.81. The average molecular weight is 263 g/mol. The molecule has 2 heterocycles. The van der Waals surface area contributed by atoms with Gasteiger partial charge in [-0.15, -0.1) is 0 Å². The fourth-order valence-electron chi connectivity index (χ4n) is 2.49. The number of hydrogen-bond acceptors (Lipinski definition) is 2. The summed E-state index contributed by atoms with van der Waals surface area (Å²) in [6.07, 6.45) is 3.36. The van der Waals surface area contributed by atoms with Crippen molar-refractivity contribution in [2.75, 3.05) is 5.73 Å². The van der Waals surface area contributed by atoms with Crippen LogP contribution in [0.3, 0.4) is 0 Å². The smallest absolute Gasteiger partial charge is 0.0724 e. The maximum Gasteiger partial charge on any atom is 0.0724 e. The van der Waals surface area contributed by atoms with Crippen LogP contribution in [0.4, 0.5) is 5.69 Å². The molecule has 2 N–H and O–H groups in total. The fourth-order valence-corrected chi connectivity index (χ4v) is 2.49. The summed E-state index contributed by atoms with van der Waals surface area (Å²) < 4.78 is 34.3. The largest absolute Gasteiger partial charge is 0.399 e. The molecule has 4 aromatic rings. The Kier molecular flexibility index (Phi) is 1.58. The molecule has 0 unspecified atom stereocenters. The molecule has 0 aliphatic rings. The van der Waals surface area contributed by atoms with E-state index >= 15 is 0 Å². The lowest BCUT2D eigenvalue weighted by Crippen LogP contribution is -1.94. The molecule has 96 valence electrons. The predicted molar refractivity (Wildman–Crippen MR) is 83.0 cm³/mol. The highest BCUT2D eigenvalue weighted by molar-refractivity contribution is 6.08. The topological polar surface area (TPSA) is 43.8 Å². The maximum absolute atomic E-state index is 8.29. The van der Waals surface area contributed by atoms with Gasteiger partial charge in [-0.2, -0.15) is 0 Å². The van der Waals surface area contributed by atoms with E-state index in [4.69, 9.17) is 11.2 Å². The van der Waals surface area contributed by atoms with Crippen LogP contribution in [0.5, 0.6) is 0 Å². The number of benzene rings is 2. The van der Waals surface area contributed by atoms with E-state index in [1.54, 1.807) is 17.0 Å². The maximum atomic E-state index is 8.29. The molecule has 2 aromatic heterocycles. The molecular formula is C17H13N3. The van der Waals surface area contributed by atoms with E-state index < -0.39 is 0 Å². The molecule has 0 aliphatic carbocycles. The summed E-state index contributed by atoms with van der Waals surface area (Å²) in [6, 6.07) is 8.71. The van der Waals surface area contributed by atoms with Crippen molar-refractivity contribution in [2.24, 2.45) is 0 Å². The van der Waals surface area contributed by atoms with Gasteiger partial charge in [-0.3, -0.25) is 4.98 Å². The van der Waals surface area contributed by atoms with Crippen molar-refractivity contribution in [3.63, 3.8) is 0 Å². The SMILES string of the molecule is [2H]c1c([2H])c(-n2c3ccccc3c3ccncc32)c([2H])c([2H])c1N. The van der Waals surface area contributed by atoms with Gasteiger partial charge in [0.2, 0.25) is 0 Å². The Morgan fingerprint density at radius 3 is 2.55 bits per heavy atom. The zero-order valence-corrected chi connectivity index (χ0v) is 10.5. The zero-order chi connectivity index (χ0) is 17.0. The van der Waals surface area contributed by atoms with E-state index in [1.807, 2.05) is 30.3 Å². The minimum absolute atomic E-state index is 0.146. The first kappa shape index (κ1) is 7.70. The number of nitrogens with zero attached hydrogens (tertiary/aromatic N) is 2. The standard InChI is InChI=1S/C17H13N3/c18-12-5-7-13(8-6-12)20-16-4-2-1-3-14(16)15-9-10-19-11-17(15)20/h1-11H,18H2/i5D,6D,7D,8D. The van der Waals surface area contributed by atoms with Crippen molar-refractivity contribution >= 4 is 27.5 Å². The van der Waals surface area contributed by atoms with Gasteiger partial charge < -0.3 is 10.3 Å². The van der Waals surface area contributed by atoms with Gasteiger partial charge in [0.05, 0.1) is 22.7 Å². The third-order valence-corrected chi connectivity index (χ3v) is 3.33. The molecule has 3 nitrogen and oxygen atoms in total. The van der Waals surface area contributed by atoms with Crippen molar-refractivity contribution in [2.45, 2.75) is 0 Å². The van der Waals surface area contributed by atoms with Gasteiger partial charge in [0.25, 0.3) is 0 Å². The molecule has 0 bridgehead atoms. The number of rotatable bonds is 1. The number of aromatic nitrogens is 2. The molecule has 0 aliphatic heterocycles. The highest BCUT2D eigenvalue weighted by atomic mass is 15.0. The molecule has 2 aromatic carbocycles. The predicted octanol–water partition coefficient (Wildman–Crippen LogP) is 3.76. The summed E-state index contributed by atoms with van der Waals surface area (Å²) in [5.41, 5.74) is 7.25. The van der Waals surface area contributed by atoms with Crippen molar-refractivity contribution in [3.05, 3.63) is 66.9 Å². The van der Waals surface area contributed by atoms with E-state index in [0.717, 1.165) is 21.8 Å². The second-order valence-corrected chi connectivity index (χ2v) is 4.51. The van der Waals surface area contributed by atoms with Crippen molar-refractivity contribution in [1.82, 2.24) is 9.55 Å². The van der Waals surface area contributed by atoms with Gasteiger partial charge in [-0.1, -0.05) is 18.2 Å². The van der Waals surface area contributed by atoms with Crippen LogP contribution in [-0.4, -0.2) is 9.55 Å². The molecule has 0 spiro atoms. The first-order valence-electron chi connectivity index (χ1n) is 8.21. The molecule has 4 rings (SSSR count). The summed E-state index contributed by atoms with van der Waals surface area (Å²) in [4.78, 5) is 4.15. The summed E-state index contributed by atoms with van der Waals surface area (Å²) in [7, 11) is 0. The van der Waals surface area contributed by atoms with Crippen LogP contribution in [-0.2, 0) is 0 Å². The Morgan fingerprint density at radius 2 is 1.70 bits per heavy atom. The lowest BCUT2D eigenvalue weighted by atomic mass is 10.2. The minimum Gasteiger partial charge on any atom is -0.399 e. The fraction of sp³-hybridized carbons (Fsp3) is 0. The first-order chi connectivity index (χ1) is 11.5. The van der Waals surface area contributed by atoms with Crippen LogP contribution in [0.15, 0.2) is 66.9 Å². The van der Waals surface area contributed by atoms with Gasteiger partial charge in [0, 0.05) is 28.3 Å². The van der Waals surface area contributed by atoms with Crippen LogP contribution in [0.1, 0.15) is 5.48 Å². The van der Waals surface area contributed by atoms with Crippen molar-refractivity contribution in [3.8, 4) is 5.69 Å². The summed E-state index contributed by atoms with van der Waals surface area (Å²) >= 11 is 0. The Morgan fingerprint density at radius 1 is 0.950 bits per heavy atom. The summed E-state index contributed by atoms with van der Waals surface area (Å²) in [5.74, 6) is 0. The molecule has 3 heteroatoms. The highest BCUT2D eigenvalue weighted by Gasteiger charge is 2.11. The summed E-state index contributed by atoms with van der Waals surface area (Å²) in [5, 5.41) is 1.90. The monoisotopic (exact) mass is 263 g/mol. The van der Waals surface area contributed by atoms with Crippen LogP contribution in [0.2, 0.25) is 0 Å². The lowest BCUT2D eigenvalue weighted by Gasteiger charge is -2.07. The minimum atomic E-state index is -0.235. The molecule has 20 heavy (non-hydrogen) atoms. The number of nitrogen functional groups attached to an aromatic ring is 1. The van der Waals surface area contributed by atoms with Crippen LogP contribution in [0, 0.1) is 0 Å². The van der Waals surface area contributed by atoms with E-state index in [0.29, 0.717) is 0 Å². The van der Waals surface area contributed by atoms with Crippen LogP contribution >= 0.6 is 0 Å². The molecule has 0 fully saturated rings. The third-order valence-electron chi connectivity index (χ3n) is 3.33. The van der Waals surface area contributed by atoms with Gasteiger partial charge in [0.15, 0.2) is 0 Å². The van der Waals surface area contributed by atoms with Gasteiger partial charge in [0.1, 0.15) is 0 Å². The quantitative estimate of drug-likeness (QED) is 0.531. The number of hydrogen-bond donors (Lipinski definition) is 1. The van der Waals surface area contributed by atoms with E-state index in [1.165, 1.54) is 0 Å². The number of pyridine rings is 1. The third kappa shape index (κ3) is 1.50. The molecule has 0 saturated carbocycles. The Labute approximate surface area is 121 Å². The second-order valence-electron chi connectivity index (χ2n) is 4.51. The molecule has 0 amide bonds. The Bertz CT molecular complexity index is 1040. The Balaban J connectivity index is 2.26. The molecule has 0 atom stereocenters. The number of fused-ring (bicyclic) bond motifs is 3.